The highest BCUT2D eigenvalue weighted by Gasteiger charge is 2.53. The van der Waals surface area contributed by atoms with Crippen LogP contribution in [0.25, 0.3) is 0 Å². The third-order valence-electron chi connectivity index (χ3n) is 15.9. The van der Waals surface area contributed by atoms with E-state index in [0.717, 1.165) is 10.5 Å². The monoisotopic (exact) mass is 1030 g/mol. The van der Waals surface area contributed by atoms with Gasteiger partial charge in [0.25, 0.3) is 11.7 Å². The van der Waals surface area contributed by atoms with Crippen LogP contribution in [0.5, 0.6) is 0 Å². The maximum atomic E-state index is 14.5. The number of carbonyl (C=O) groups is 6. The number of cyclic esters (lactones) is 1. The van der Waals surface area contributed by atoms with Gasteiger partial charge in [0.1, 0.15) is 41.7 Å². The third-order valence-corrected chi connectivity index (χ3v) is 15.9. The second-order valence-electron chi connectivity index (χ2n) is 21.8. The van der Waals surface area contributed by atoms with Crippen molar-refractivity contribution < 1.29 is 77.6 Å². The van der Waals surface area contributed by atoms with Crippen LogP contribution in [-0.4, -0.2) is 156 Å². The number of allylic oxidation sites excluding steroid dienone is 6. The highest BCUT2D eigenvalue weighted by atomic mass is 16.6. The molecule has 2 bridgehead atoms. The van der Waals surface area contributed by atoms with Gasteiger partial charge in [0.15, 0.2) is 5.78 Å². The Kier molecular flexibility index (Phi) is 23.9. The Morgan fingerprint density at radius 2 is 1.56 bits per heavy atom. The van der Waals surface area contributed by atoms with E-state index in [4.69, 9.17) is 28.4 Å². The fourth-order valence-corrected chi connectivity index (χ4v) is 10.7. The Morgan fingerprint density at radius 3 is 2.21 bits per heavy atom. The van der Waals surface area contributed by atoms with E-state index in [1.165, 1.54) is 21.1 Å². The summed E-state index contributed by atoms with van der Waals surface area (Å²) in [5, 5.41) is 43.1. The van der Waals surface area contributed by atoms with Crippen LogP contribution in [0.2, 0.25) is 0 Å². The van der Waals surface area contributed by atoms with Crippen molar-refractivity contribution >= 4 is 35.2 Å². The normalized spacial score (nSPS) is 37.4. The molecule has 3 fully saturated rings. The van der Waals surface area contributed by atoms with E-state index in [2.05, 4.69) is 0 Å². The van der Waals surface area contributed by atoms with Crippen molar-refractivity contribution in [3.05, 3.63) is 47.6 Å². The number of methoxy groups -OCH3 is 3. The van der Waals surface area contributed by atoms with E-state index in [1.54, 1.807) is 40.9 Å². The van der Waals surface area contributed by atoms with Crippen LogP contribution in [0.3, 0.4) is 0 Å². The Balaban J connectivity index is 1.69. The number of fused-ring (bicyclic) bond motifs is 3. The van der Waals surface area contributed by atoms with Crippen molar-refractivity contribution in [1.29, 1.82) is 0 Å². The summed E-state index contributed by atoms with van der Waals surface area (Å²) in [7, 11) is 4.43. The van der Waals surface area contributed by atoms with Crippen LogP contribution in [0, 0.1) is 40.9 Å². The summed E-state index contributed by atoms with van der Waals surface area (Å²) >= 11 is 0. The topological polar surface area (TPSA) is 242 Å². The van der Waals surface area contributed by atoms with Gasteiger partial charge in [0.2, 0.25) is 5.79 Å². The molecule has 3 heterocycles. The number of ether oxygens (including phenoxy) is 6. The molecule has 17 heteroatoms. The van der Waals surface area contributed by atoms with E-state index in [9.17, 15) is 49.2 Å². The maximum Gasteiger partial charge on any atom is 0.329 e. The van der Waals surface area contributed by atoms with Crippen LogP contribution in [0.1, 0.15) is 132 Å². The van der Waals surface area contributed by atoms with Gasteiger partial charge in [-0.2, -0.15) is 0 Å². The molecule has 0 radical (unpaired) electrons. The number of aliphatic hydroxyl groups is 4. The van der Waals surface area contributed by atoms with Crippen LogP contribution in [0.15, 0.2) is 47.6 Å². The first-order valence-electron chi connectivity index (χ1n) is 26.4. The van der Waals surface area contributed by atoms with Gasteiger partial charge in [-0.15, -0.1) is 0 Å². The number of piperidine rings is 1. The van der Waals surface area contributed by atoms with Gasteiger partial charge < -0.3 is 53.7 Å². The van der Waals surface area contributed by atoms with Crippen molar-refractivity contribution in [2.75, 3.05) is 41.1 Å². The van der Waals surface area contributed by atoms with Gasteiger partial charge in [0, 0.05) is 58.5 Å². The number of amides is 1. The number of hydrogen-bond acceptors (Lipinski definition) is 16. The molecule has 1 saturated carbocycles. The minimum absolute atomic E-state index is 0.00697. The van der Waals surface area contributed by atoms with E-state index in [0.29, 0.717) is 69.8 Å². The quantitative estimate of drug-likeness (QED) is 0.116. The second-order valence-corrected chi connectivity index (χ2v) is 21.8. The van der Waals surface area contributed by atoms with E-state index >= 15 is 0 Å². The molecule has 17 nitrogen and oxygen atoms in total. The molecule has 412 valence electrons. The minimum Gasteiger partial charge on any atom is -0.460 e. The lowest BCUT2D eigenvalue weighted by atomic mass is 9.78. The maximum absolute atomic E-state index is 14.5. The summed E-state index contributed by atoms with van der Waals surface area (Å²) in [6, 6.07) is -1.20. The number of rotatable bonds is 10. The summed E-state index contributed by atoms with van der Waals surface area (Å²) in [5.41, 5.74) is -0.277. The molecule has 0 aromatic rings. The Morgan fingerprint density at radius 1 is 0.863 bits per heavy atom. The van der Waals surface area contributed by atoms with Crippen LogP contribution >= 0.6 is 0 Å². The molecule has 4 N–H and O–H groups in total. The number of aliphatic hydroxyl groups excluding tert-OH is 3. The first kappa shape index (κ1) is 61.6. The molecule has 3 aliphatic heterocycles. The molecule has 4 rings (SSSR count). The van der Waals surface area contributed by atoms with Crippen molar-refractivity contribution in [1.82, 2.24) is 4.90 Å². The number of carbonyl (C=O) groups excluding carboxylic acids is 6. The zero-order chi connectivity index (χ0) is 54.4. The van der Waals surface area contributed by atoms with Crippen LogP contribution in [0.4, 0.5) is 0 Å². The lowest BCUT2D eigenvalue weighted by Gasteiger charge is -2.42. The standard InChI is InChI=1S/C56H87NO16/c1-33-17-13-12-14-18-34(2)45(68-9)29-41-22-20-39(7)56(67,73-41)51(63)52(64)57-24-16-15-19-42(57)53(65)71-46(30-43(60)35(3)26-38(6)49(62)50(70-11)48(61)37(5)25-33)36(4)27-40-21-23-44(47(28-40)69-10)72-54(66)55(8,31-58)32-59/h12-14,17-18,26,33,35-37,39-42,44-47,49-50,58-59,62,67H,15-16,19-25,27-32H2,1-11H3/b14-12+,17-13+,34-18+,38-26+/t33-,35-,36-,37-,39-,40+,41+,42+,44-,45?,46?,47-,49-,50?,56-/m1/s1. The van der Waals surface area contributed by atoms with E-state index < -0.39 is 120 Å². The van der Waals surface area contributed by atoms with E-state index in [1.807, 2.05) is 51.2 Å². The van der Waals surface area contributed by atoms with Gasteiger partial charge in [-0.05, 0) is 114 Å². The zero-order valence-electron chi connectivity index (χ0n) is 45.3. The number of hydrogen-bond donors (Lipinski definition) is 4. The lowest BCUT2D eigenvalue weighted by molar-refractivity contribution is -0.265. The van der Waals surface area contributed by atoms with Crippen LogP contribution in [-0.2, 0) is 57.2 Å². The lowest BCUT2D eigenvalue weighted by Crippen LogP contribution is -2.61. The van der Waals surface area contributed by atoms with Crippen molar-refractivity contribution in [2.45, 2.75) is 187 Å². The smallest absolute Gasteiger partial charge is 0.329 e. The number of Topliss-reactive ketones (excluding diaryl/α,β-unsaturated/α-hetero) is 3. The fraction of sp³-hybridized carbons (Fsp3) is 0.750. The van der Waals surface area contributed by atoms with Crippen molar-refractivity contribution in [2.24, 2.45) is 40.9 Å². The largest absolute Gasteiger partial charge is 0.460 e. The highest BCUT2D eigenvalue weighted by molar-refractivity contribution is 6.39. The molecule has 1 amide bonds. The number of esters is 2. The number of ketones is 3. The predicted molar refractivity (Wildman–Crippen MR) is 271 cm³/mol. The predicted octanol–water partition coefficient (Wildman–Crippen LogP) is 5.72. The molecular formula is C56H87NO16. The molecule has 15 atom stereocenters. The van der Waals surface area contributed by atoms with Gasteiger partial charge in [0.05, 0.1) is 31.5 Å². The molecule has 0 aromatic heterocycles. The highest BCUT2D eigenvalue weighted by Crippen LogP contribution is 2.38. The zero-order valence-corrected chi connectivity index (χ0v) is 45.3. The fourth-order valence-electron chi connectivity index (χ4n) is 10.7. The Hall–Kier alpha value is -3.94. The summed E-state index contributed by atoms with van der Waals surface area (Å²) in [6.45, 7) is 12.7. The van der Waals surface area contributed by atoms with Gasteiger partial charge >= 0.3 is 11.9 Å². The molecule has 0 spiro atoms. The Labute approximate surface area is 433 Å². The molecular weight excluding hydrogens is 943 g/mol. The molecule has 0 aromatic carbocycles. The van der Waals surface area contributed by atoms with Gasteiger partial charge in [-0.1, -0.05) is 71.1 Å². The molecule has 73 heavy (non-hydrogen) atoms. The summed E-state index contributed by atoms with van der Waals surface area (Å²) < 4.78 is 35.4. The molecule has 3 unspecified atom stereocenters. The average Bonchev–Trinajstić information content (AvgIpc) is 3.37. The first-order valence-corrected chi connectivity index (χ1v) is 26.4. The summed E-state index contributed by atoms with van der Waals surface area (Å²) in [5.74, 6) is -9.36. The SMILES string of the molecule is COC1C[C@@H]2CC[C@@H](C)[C@@](O)(O2)C(=O)C(=O)N2CCCC[C@H]2C(=O)OC([C@H](C)C[C@@H]2CC[C@@H](OC(=O)C(C)(CO)CO)[C@H](OC)C2)CC(=O)[C@H](C)/C=C(\C)[C@@H](O)C(OC)C(=O)[C@H](C)C[C@H](C)/C=C/C=C/C=C/1C. The number of nitrogens with zero attached hydrogens (tertiary/aromatic N) is 1. The van der Waals surface area contributed by atoms with Crippen molar-refractivity contribution in [3.63, 3.8) is 0 Å². The Bertz CT molecular complexity index is 2010. The van der Waals surface area contributed by atoms with Gasteiger partial charge in [-0.3, -0.25) is 24.0 Å². The first-order chi connectivity index (χ1) is 34.5. The van der Waals surface area contributed by atoms with Crippen molar-refractivity contribution in [3.8, 4) is 0 Å². The summed E-state index contributed by atoms with van der Waals surface area (Å²) in [6.07, 6.45) is 9.76. The molecule has 2 saturated heterocycles. The summed E-state index contributed by atoms with van der Waals surface area (Å²) in [4.78, 5) is 85.4. The average molecular weight is 1030 g/mol. The third kappa shape index (κ3) is 16.0. The van der Waals surface area contributed by atoms with Gasteiger partial charge in [-0.25, -0.2) is 4.79 Å². The molecule has 1 aliphatic carbocycles. The van der Waals surface area contributed by atoms with E-state index in [-0.39, 0.29) is 42.8 Å². The molecule has 4 aliphatic rings. The second kappa shape index (κ2) is 28.3. The van der Waals surface area contributed by atoms with Crippen LogP contribution < -0.4 is 0 Å². The minimum atomic E-state index is -2.47.